The van der Waals surface area contributed by atoms with E-state index < -0.39 is 0 Å². The summed E-state index contributed by atoms with van der Waals surface area (Å²) in [6.07, 6.45) is 1.96. The number of anilines is 3. The Labute approximate surface area is 393 Å². The standard InChI is InChI=1S/C58H55N5.Pt/c1-35-20-22-48-44(26-35)45-32-47-51(33-50(45)63(48)52-31-40(24-25-59-52)56(3,4)5)62(49-23-21-36(2)27-46(49)58(47,9)10)42-29-39(28-41(30-42)57(6,7)8)55-60-53(37-16-12-11-13-17-37)54-43-19-15-14-18-38(43)34-61(54)55;/h11-28,30-32,53-54H,34H2,1-10H3;/q-2;+2/t53-,54+;/m1./s1. The second-order valence-corrected chi connectivity index (χ2v) is 20.8. The molecule has 0 unspecified atom stereocenters. The van der Waals surface area contributed by atoms with Crippen molar-refractivity contribution in [2.75, 3.05) is 4.90 Å². The van der Waals surface area contributed by atoms with E-state index in [-0.39, 0.29) is 49.4 Å². The summed E-state index contributed by atoms with van der Waals surface area (Å²) in [5.74, 6) is 1.90. The number of benzene rings is 6. The Kier molecular flexibility index (Phi) is 9.82. The van der Waals surface area contributed by atoms with Crippen molar-refractivity contribution in [2.24, 2.45) is 4.99 Å². The van der Waals surface area contributed by atoms with E-state index in [1.54, 1.807) is 0 Å². The smallest absolute Gasteiger partial charge is 0.383 e. The van der Waals surface area contributed by atoms with Gasteiger partial charge in [0, 0.05) is 29.8 Å². The predicted molar refractivity (Wildman–Crippen MR) is 260 cm³/mol. The van der Waals surface area contributed by atoms with Gasteiger partial charge in [0.25, 0.3) is 0 Å². The van der Waals surface area contributed by atoms with Crippen molar-refractivity contribution in [1.29, 1.82) is 0 Å². The van der Waals surface area contributed by atoms with Crippen LogP contribution in [0.1, 0.15) is 123 Å². The summed E-state index contributed by atoms with van der Waals surface area (Å²) in [5, 5.41) is 2.39. The zero-order valence-electron chi connectivity index (χ0n) is 38.5. The molecule has 6 heteroatoms. The fourth-order valence-electron chi connectivity index (χ4n) is 10.4. The molecule has 2 aromatic heterocycles. The van der Waals surface area contributed by atoms with Gasteiger partial charge in [0.05, 0.1) is 12.1 Å². The maximum atomic E-state index is 5.66. The number of fused-ring (bicyclic) bond motifs is 8. The Morgan fingerprint density at radius 1 is 0.688 bits per heavy atom. The number of amidine groups is 1. The van der Waals surface area contributed by atoms with Crippen LogP contribution in [0.15, 0.2) is 133 Å². The third-order valence-corrected chi connectivity index (χ3v) is 14.0. The SMILES string of the molecule is Cc1ccc2c(c1)C(C)(C)c1cc3c4cc(C)ccc4n(-c4cc(C(C)(C)C)ccn4)c3[c-]c1N2c1[c-]c(C2=N[C@H](c3ccccc3)[C@@H]3c4ccccc4CN23)cc(C(C)(C)C)c1.[Pt+2]. The summed E-state index contributed by atoms with van der Waals surface area (Å²) in [6.45, 7) is 23.7. The van der Waals surface area contributed by atoms with Crippen LogP contribution in [0.4, 0.5) is 17.1 Å². The summed E-state index contributed by atoms with van der Waals surface area (Å²) in [7, 11) is 0. The van der Waals surface area contributed by atoms with Gasteiger partial charge in [-0.15, -0.1) is 46.3 Å². The van der Waals surface area contributed by atoms with Crippen LogP contribution >= 0.6 is 0 Å². The average molecular weight is 1020 g/mol. The molecule has 5 nitrogen and oxygen atoms in total. The van der Waals surface area contributed by atoms with Crippen molar-refractivity contribution >= 4 is 44.7 Å². The average Bonchev–Trinajstić information content (AvgIpc) is 3.92. The molecule has 0 saturated heterocycles. The zero-order chi connectivity index (χ0) is 43.7. The molecular formula is C58H55N5Pt. The third-order valence-electron chi connectivity index (χ3n) is 14.0. The van der Waals surface area contributed by atoms with Crippen LogP contribution in [0.25, 0.3) is 27.6 Å². The molecule has 0 spiro atoms. The van der Waals surface area contributed by atoms with E-state index in [2.05, 4.69) is 217 Å². The first-order valence-electron chi connectivity index (χ1n) is 22.5. The Balaban J connectivity index is 0.00000484. The third kappa shape index (κ3) is 6.60. The van der Waals surface area contributed by atoms with Gasteiger partial charge in [-0.05, 0) is 93.2 Å². The van der Waals surface area contributed by atoms with Crippen LogP contribution in [0.5, 0.6) is 0 Å². The molecular weight excluding hydrogens is 962 g/mol. The predicted octanol–water partition coefficient (Wildman–Crippen LogP) is 14.2. The van der Waals surface area contributed by atoms with Crippen LogP contribution in [0, 0.1) is 26.0 Å². The molecule has 11 rings (SSSR count). The van der Waals surface area contributed by atoms with Gasteiger partial charge in [0.1, 0.15) is 5.82 Å². The first-order chi connectivity index (χ1) is 30.1. The maximum absolute atomic E-state index is 5.66. The summed E-state index contributed by atoms with van der Waals surface area (Å²) < 4.78 is 2.33. The normalized spacial score (nSPS) is 17.5. The molecule has 2 atom stereocenters. The van der Waals surface area contributed by atoms with E-state index in [1.807, 2.05) is 6.20 Å². The van der Waals surface area contributed by atoms with Gasteiger partial charge < -0.3 is 19.4 Å². The van der Waals surface area contributed by atoms with E-state index in [0.717, 1.165) is 51.9 Å². The van der Waals surface area contributed by atoms with Crippen molar-refractivity contribution < 1.29 is 21.1 Å². The number of aryl methyl sites for hydroxylation is 2. The van der Waals surface area contributed by atoms with Crippen molar-refractivity contribution in [2.45, 2.75) is 104 Å². The van der Waals surface area contributed by atoms with E-state index >= 15 is 0 Å². The summed E-state index contributed by atoms with van der Waals surface area (Å²) in [5.41, 5.74) is 17.2. The minimum atomic E-state index is -0.321. The zero-order valence-corrected chi connectivity index (χ0v) is 40.8. The van der Waals surface area contributed by atoms with Gasteiger partial charge in [-0.1, -0.05) is 157 Å². The quantitative estimate of drug-likeness (QED) is 0.165. The summed E-state index contributed by atoms with van der Waals surface area (Å²) >= 11 is 0. The molecule has 8 aromatic rings. The first kappa shape index (κ1) is 42.2. The molecule has 0 amide bonds. The largest absolute Gasteiger partial charge is 2.00 e. The molecule has 5 heterocycles. The molecule has 0 bridgehead atoms. The summed E-state index contributed by atoms with van der Waals surface area (Å²) in [6, 6.07) is 53.4. The van der Waals surface area contributed by atoms with Crippen molar-refractivity contribution in [1.82, 2.24) is 14.5 Å². The van der Waals surface area contributed by atoms with E-state index in [1.165, 1.54) is 60.8 Å². The van der Waals surface area contributed by atoms with Crippen molar-refractivity contribution in [3.63, 3.8) is 0 Å². The van der Waals surface area contributed by atoms with E-state index in [9.17, 15) is 0 Å². The Morgan fingerprint density at radius 3 is 2.17 bits per heavy atom. The Bertz CT molecular complexity index is 3200. The number of hydrogen-bond donors (Lipinski definition) is 0. The number of pyridine rings is 1. The van der Waals surface area contributed by atoms with Gasteiger partial charge in [0.15, 0.2) is 0 Å². The number of nitrogens with zero attached hydrogens (tertiary/aromatic N) is 5. The summed E-state index contributed by atoms with van der Waals surface area (Å²) in [4.78, 5) is 15.7. The number of aliphatic imine (C=N–C) groups is 1. The Morgan fingerprint density at radius 2 is 1.41 bits per heavy atom. The van der Waals surface area contributed by atoms with E-state index in [0.29, 0.717) is 0 Å². The number of rotatable bonds is 4. The van der Waals surface area contributed by atoms with Gasteiger partial charge >= 0.3 is 21.1 Å². The topological polar surface area (TPSA) is 36.7 Å². The second kappa shape index (κ2) is 14.9. The minimum absolute atomic E-state index is 0. The molecule has 322 valence electrons. The fraction of sp³-hybridized carbons (Fsp3) is 0.276. The molecule has 0 saturated carbocycles. The molecule has 0 N–H and O–H groups in total. The number of hydrogen-bond acceptors (Lipinski definition) is 4. The monoisotopic (exact) mass is 1020 g/mol. The molecule has 3 aliphatic heterocycles. The molecule has 0 aliphatic carbocycles. The Hall–Kier alpha value is -5.77. The van der Waals surface area contributed by atoms with Gasteiger partial charge in [0.2, 0.25) is 0 Å². The maximum Gasteiger partial charge on any atom is 2.00 e. The van der Waals surface area contributed by atoms with Crippen LogP contribution in [0.3, 0.4) is 0 Å². The van der Waals surface area contributed by atoms with Gasteiger partial charge in [-0.2, -0.15) is 6.07 Å². The fourth-order valence-corrected chi connectivity index (χ4v) is 10.4. The minimum Gasteiger partial charge on any atom is -0.383 e. The molecule has 0 radical (unpaired) electrons. The van der Waals surface area contributed by atoms with Crippen LogP contribution in [0.2, 0.25) is 0 Å². The van der Waals surface area contributed by atoms with Gasteiger partial charge in [-0.3, -0.25) is 0 Å². The van der Waals surface area contributed by atoms with Crippen molar-refractivity contribution in [3.05, 3.63) is 195 Å². The second-order valence-electron chi connectivity index (χ2n) is 20.8. The van der Waals surface area contributed by atoms with Crippen LogP contribution in [-0.2, 0) is 43.9 Å². The van der Waals surface area contributed by atoms with E-state index in [4.69, 9.17) is 9.98 Å². The van der Waals surface area contributed by atoms with Crippen molar-refractivity contribution in [3.8, 4) is 5.82 Å². The molecule has 0 fully saturated rings. The van der Waals surface area contributed by atoms with Gasteiger partial charge in [-0.25, -0.2) is 4.98 Å². The first-order valence-corrected chi connectivity index (χ1v) is 22.5. The molecule has 6 aromatic carbocycles. The molecule has 3 aliphatic rings. The van der Waals surface area contributed by atoms with Crippen LogP contribution < -0.4 is 4.90 Å². The van der Waals surface area contributed by atoms with Crippen LogP contribution in [-0.4, -0.2) is 20.3 Å². The molecule has 64 heavy (non-hydrogen) atoms. The number of aromatic nitrogens is 2.